The molecule has 0 saturated heterocycles. The number of aryl methyl sites for hydroxylation is 1. The van der Waals surface area contributed by atoms with Crippen molar-refractivity contribution in [2.75, 3.05) is 13.7 Å². The molecule has 2 nitrogen and oxygen atoms in total. The third-order valence-electron chi connectivity index (χ3n) is 3.68. The first-order chi connectivity index (χ1) is 9.72. The minimum atomic E-state index is 0.439. The molecule has 20 heavy (non-hydrogen) atoms. The second-order valence-corrected chi connectivity index (χ2v) is 5.31. The summed E-state index contributed by atoms with van der Waals surface area (Å²) >= 11 is 0. The molecule has 2 heteroatoms. The zero-order valence-corrected chi connectivity index (χ0v) is 12.3. The van der Waals surface area contributed by atoms with Gasteiger partial charge in [-0.25, -0.2) is 0 Å². The highest BCUT2D eigenvalue weighted by molar-refractivity contribution is 5.34. The van der Waals surface area contributed by atoms with E-state index in [0.717, 1.165) is 18.6 Å². The fourth-order valence-electron chi connectivity index (χ4n) is 2.48. The molecule has 0 aliphatic heterocycles. The van der Waals surface area contributed by atoms with Crippen molar-refractivity contribution in [3.05, 3.63) is 65.2 Å². The summed E-state index contributed by atoms with van der Waals surface area (Å²) in [5, 5.41) is 0. The van der Waals surface area contributed by atoms with Gasteiger partial charge < -0.3 is 10.5 Å². The molecule has 2 aromatic carbocycles. The van der Waals surface area contributed by atoms with Crippen molar-refractivity contribution in [1.82, 2.24) is 0 Å². The maximum Gasteiger partial charge on any atom is 0.122 e. The Balaban J connectivity index is 2.07. The SMILES string of the molecule is COc1ccccc1CC(CN)Cc1ccc(C)cc1. The van der Waals surface area contributed by atoms with Crippen LogP contribution in [-0.2, 0) is 12.8 Å². The van der Waals surface area contributed by atoms with Gasteiger partial charge in [-0.1, -0.05) is 48.0 Å². The number of hydrogen-bond donors (Lipinski definition) is 1. The monoisotopic (exact) mass is 269 g/mol. The molecule has 0 radical (unpaired) electrons. The maximum absolute atomic E-state index is 5.95. The molecule has 2 rings (SSSR count). The van der Waals surface area contributed by atoms with Gasteiger partial charge in [-0.05, 0) is 49.4 Å². The first kappa shape index (κ1) is 14.6. The van der Waals surface area contributed by atoms with E-state index in [9.17, 15) is 0 Å². The van der Waals surface area contributed by atoms with Crippen LogP contribution in [0.4, 0.5) is 0 Å². The lowest BCUT2D eigenvalue weighted by atomic mass is 9.92. The average molecular weight is 269 g/mol. The topological polar surface area (TPSA) is 35.2 Å². The third kappa shape index (κ3) is 3.84. The van der Waals surface area contributed by atoms with Crippen LogP contribution in [0, 0.1) is 12.8 Å². The summed E-state index contributed by atoms with van der Waals surface area (Å²) in [7, 11) is 1.72. The van der Waals surface area contributed by atoms with E-state index in [1.807, 2.05) is 12.1 Å². The zero-order valence-electron chi connectivity index (χ0n) is 12.3. The first-order valence-corrected chi connectivity index (χ1v) is 7.10. The van der Waals surface area contributed by atoms with E-state index < -0.39 is 0 Å². The lowest BCUT2D eigenvalue weighted by Crippen LogP contribution is -2.19. The molecule has 106 valence electrons. The molecule has 0 saturated carbocycles. The number of rotatable bonds is 6. The van der Waals surface area contributed by atoms with E-state index in [0.29, 0.717) is 12.5 Å². The minimum Gasteiger partial charge on any atom is -0.496 e. The molecular weight excluding hydrogens is 246 g/mol. The maximum atomic E-state index is 5.95. The lowest BCUT2D eigenvalue weighted by Gasteiger charge is -2.17. The summed E-state index contributed by atoms with van der Waals surface area (Å²) in [5.74, 6) is 1.39. The lowest BCUT2D eigenvalue weighted by molar-refractivity contribution is 0.404. The molecule has 0 amide bonds. The summed E-state index contributed by atoms with van der Waals surface area (Å²) in [6, 6.07) is 16.9. The Kier molecular flexibility index (Phi) is 5.19. The van der Waals surface area contributed by atoms with Crippen LogP contribution >= 0.6 is 0 Å². The summed E-state index contributed by atoms with van der Waals surface area (Å²) in [4.78, 5) is 0. The van der Waals surface area contributed by atoms with Crippen LogP contribution in [0.1, 0.15) is 16.7 Å². The number of hydrogen-bond acceptors (Lipinski definition) is 2. The van der Waals surface area contributed by atoms with Crippen molar-refractivity contribution in [3.63, 3.8) is 0 Å². The molecule has 1 unspecified atom stereocenters. The Morgan fingerprint density at radius 1 is 1.00 bits per heavy atom. The van der Waals surface area contributed by atoms with Crippen LogP contribution in [-0.4, -0.2) is 13.7 Å². The highest BCUT2D eigenvalue weighted by Gasteiger charge is 2.12. The van der Waals surface area contributed by atoms with Crippen LogP contribution in [0.25, 0.3) is 0 Å². The van der Waals surface area contributed by atoms with E-state index in [4.69, 9.17) is 10.5 Å². The summed E-state index contributed by atoms with van der Waals surface area (Å²) in [6.07, 6.45) is 1.96. The Hall–Kier alpha value is -1.80. The van der Waals surface area contributed by atoms with Gasteiger partial charge >= 0.3 is 0 Å². The number of ether oxygens (including phenoxy) is 1. The Bertz CT molecular complexity index is 533. The predicted octanol–water partition coefficient (Wildman–Crippen LogP) is 3.36. The molecule has 1 atom stereocenters. The standard InChI is InChI=1S/C18H23NO/c1-14-7-9-15(10-8-14)11-16(13-19)12-17-5-3-4-6-18(17)20-2/h3-10,16H,11-13,19H2,1-2H3. The Morgan fingerprint density at radius 2 is 1.70 bits per heavy atom. The highest BCUT2D eigenvalue weighted by atomic mass is 16.5. The molecule has 0 aromatic heterocycles. The molecule has 2 N–H and O–H groups in total. The second kappa shape index (κ2) is 7.11. The largest absolute Gasteiger partial charge is 0.496 e. The molecule has 0 fully saturated rings. The molecule has 0 aliphatic rings. The van der Waals surface area contributed by atoms with Crippen LogP contribution in [0.2, 0.25) is 0 Å². The smallest absolute Gasteiger partial charge is 0.122 e. The van der Waals surface area contributed by atoms with Crippen LogP contribution in [0.5, 0.6) is 5.75 Å². The van der Waals surface area contributed by atoms with Gasteiger partial charge in [0.05, 0.1) is 7.11 Å². The minimum absolute atomic E-state index is 0.439. The first-order valence-electron chi connectivity index (χ1n) is 7.10. The average Bonchev–Trinajstić information content (AvgIpc) is 2.49. The van der Waals surface area contributed by atoms with Gasteiger partial charge in [0.15, 0.2) is 0 Å². The van der Waals surface area contributed by atoms with E-state index in [1.165, 1.54) is 16.7 Å². The normalized spacial score (nSPS) is 12.2. The highest BCUT2D eigenvalue weighted by Crippen LogP contribution is 2.22. The predicted molar refractivity (Wildman–Crippen MR) is 84.1 cm³/mol. The van der Waals surface area contributed by atoms with E-state index >= 15 is 0 Å². The van der Waals surface area contributed by atoms with Crippen molar-refractivity contribution in [3.8, 4) is 5.75 Å². The van der Waals surface area contributed by atoms with E-state index in [2.05, 4.69) is 43.3 Å². The number of para-hydroxylation sites is 1. The van der Waals surface area contributed by atoms with Gasteiger partial charge in [0, 0.05) is 0 Å². The molecule has 0 aliphatic carbocycles. The molecule has 0 spiro atoms. The van der Waals surface area contributed by atoms with Gasteiger partial charge in [0.25, 0.3) is 0 Å². The van der Waals surface area contributed by atoms with Gasteiger partial charge in [0.1, 0.15) is 5.75 Å². The number of nitrogens with two attached hydrogens (primary N) is 1. The summed E-state index contributed by atoms with van der Waals surface area (Å²) in [6.45, 7) is 2.80. The van der Waals surface area contributed by atoms with Crippen molar-refractivity contribution in [2.45, 2.75) is 19.8 Å². The number of benzene rings is 2. The van der Waals surface area contributed by atoms with Gasteiger partial charge in [0.2, 0.25) is 0 Å². The summed E-state index contributed by atoms with van der Waals surface area (Å²) < 4.78 is 5.42. The fourth-order valence-corrected chi connectivity index (χ4v) is 2.48. The van der Waals surface area contributed by atoms with Crippen LogP contribution in [0.15, 0.2) is 48.5 Å². The molecular formula is C18H23NO. The molecule has 0 heterocycles. The van der Waals surface area contributed by atoms with Crippen LogP contribution < -0.4 is 10.5 Å². The Morgan fingerprint density at radius 3 is 2.35 bits per heavy atom. The zero-order chi connectivity index (χ0) is 14.4. The van der Waals surface area contributed by atoms with Crippen LogP contribution in [0.3, 0.4) is 0 Å². The molecule has 0 bridgehead atoms. The molecule has 2 aromatic rings. The third-order valence-corrected chi connectivity index (χ3v) is 3.68. The number of methoxy groups -OCH3 is 1. The Labute approximate surface area is 121 Å². The van der Waals surface area contributed by atoms with Crippen molar-refractivity contribution < 1.29 is 4.74 Å². The van der Waals surface area contributed by atoms with Crippen molar-refractivity contribution in [1.29, 1.82) is 0 Å². The van der Waals surface area contributed by atoms with Gasteiger partial charge in [-0.3, -0.25) is 0 Å². The van der Waals surface area contributed by atoms with Gasteiger partial charge in [-0.2, -0.15) is 0 Å². The second-order valence-electron chi connectivity index (χ2n) is 5.31. The van der Waals surface area contributed by atoms with E-state index in [-0.39, 0.29) is 0 Å². The van der Waals surface area contributed by atoms with Crippen molar-refractivity contribution in [2.24, 2.45) is 11.7 Å². The van der Waals surface area contributed by atoms with E-state index in [1.54, 1.807) is 7.11 Å². The quantitative estimate of drug-likeness (QED) is 0.872. The summed E-state index contributed by atoms with van der Waals surface area (Å²) in [5.41, 5.74) is 9.83. The fraction of sp³-hybridized carbons (Fsp3) is 0.333. The van der Waals surface area contributed by atoms with Crippen molar-refractivity contribution >= 4 is 0 Å². The van der Waals surface area contributed by atoms with Gasteiger partial charge in [-0.15, -0.1) is 0 Å².